The van der Waals surface area contributed by atoms with Crippen LogP contribution in [0.4, 0.5) is 0 Å². The Morgan fingerprint density at radius 2 is 1.57 bits per heavy atom. The maximum atomic E-state index is 12.3. The minimum atomic E-state index is -3.90. The number of aromatic hydroxyl groups is 1. The Hall–Kier alpha value is -3.32. The Morgan fingerprint density at radius 3 is 2.17 bits per heavy atom. The molecule has 156 valence electrons. The summed E-state index contributed by atoms with van der Waals surface area (Å²) in [7, 11) is -3.90. The van der Waals surface area contributed by atoms with Gasteiger partial charge in [0.2, 0.25) is 5.91 Å². The topological polar surface area (TPSA) is 92.7 Å². The van der Waals surface area contributed by atoms with Crippen LogP contribution in [0.25, 0.3) is 0 Å². The van der Waals surface area contributed by atoms with E-state index < -0.39 is 15.9 Å². The molecule has 0 fully saturated rings. The summed E-state index contributed by atoms with van der Waals surface area (Å²) in [5, 5.41) is 9.66. The second-order valence-electron chi connectivity index (χ2n) is 7.13. The highest BCUT2D eigenvalue weighted by molar-refractivity contribution is 7.90. The van der Waals surface area contributed by atoms with Gasteiger partial charge in [0, 0.05) is 0 Å². The first-order valence-electron chi connectivity index (χ1n) is 9.34. The second-order valence-corrected chi connectivity index (χ2v) is 8.81. The molecule has 0 radical (unpaired) electrons. The Balaban J connectivity index is 1.75. The van der Waals surface area contributed by atoms with Crippen molar-refractivity contribution in [1.82, 2.24) is 4.72 Å². The van der Waals surface area contributed by atoms with E-state index in [1.807, 2.05) is 13.8 Å². The van der Waals surface area contributed by atoms with Crippen molar-refractivity contribution in [3.05, 3.63) is 82.9 Å². The van der Waals surface area contributed by atoms with Gasteiger partial charge in [-0.15, -0.1) is 0 Å². The molecule has 7 heteroatoms. The van der Waals surface area contributed by atoms with E-state index in [0.717, 1.165) is 11.1 Å². The van der Waals surface area contributed by atoms with Crippen LogP contribution in [-0.2, 0) is 21.2 Å². The number of hydrogen-bond acceptors (Lipinski definition) is 5. The van der Waals surface area contributed by atoms with Crippen molar-refractivity contribution in [3.63, 3.8) is 0 Å². The first-order chi connectivity index (χ1) is 14.2. The highest BCUT2D eigenvalue weighted by atomic mass is 32.2. The Bertz CT molecular complexity index is 1160. The van der Waals surface area contributed by atoms with Gasteiger partial charge in [-0.05, 0) is 73.4 Å². The maximum absolute atomic E-state index is 12.3. The van der Waals surface area contributed by atoms with Crippen molar-refractivity contribution in [2.45, 2.75) is 32.1 Å². The monoisotopic (exact) mass is 425 g/mol. The molecule has 6 nitrogen and oxygen atoms in total. The quantitative estimate of drug-likeness (QED) is 0.619. The van der Waals surface area contributed by atoms with Crippen LogP contribution in [0.15, 0.2) is 65.6 Å². The van der Waals surface area contributed by atoms with Crippen LogP contribution in [-0.4, -0.2) is 19.4 Å². The number of hydrogen-bond donors (Lipinski definition) is 2. The first-order valence-corrected chi connectivity index (χ1v) is 10.8. The molecular formula is C23H23NO5S. The molecule has 0 unspecified atom stereocenters. The fourth-order valence-corrected chi connectivity index (χ4v) is 4.15. The van der Waals surface area contributed by atoms with E-state index >= 15 is 0 Å². The van der Waals surface area contributed by atoms with Crippen molar-refractivity contribution in [2.24, 2.45) is 0 Å². The number of amides is 1. The summed E-state index contributed by atoms with van der Waals surface area (Å²) in [4.78, 5) is 12.4. The summed E-state index contributed by atoms with van der Waals surface area (Å²) in [6, 6.07) is 16.3. The lowest BCUT2D eigenvalue weighted by molar-refractivity contribution is -0.118. The number of sulfonamides is 1. The summed E-state index contributed by atoms with van der Waals surface area (Å²) in [6.07, 6.45) is -0.0770. The van der Waals surface area contributed by atoms with Crippen molar-refractivity contribution < 1.29 is 23.1 Å². The van der Waals surface area contributed by atoms with Gasteiger partial charge in [-0.2, -0.15) is 0 Å². The third-order valence-corrected chi connectivity index (χ3v) is 5.96. The number of aryl methyl sites for hydroxylation is 3. The minimum Gasteiger partial charge on any atom is -0.508 e. The highest BCUT2D eigenvalue weighted by Gasteiger charge is 2.18. The van der Waals surface area contributed by atoms with Crippen LogP contribution in [0.1, 0.15) is 22.3 Å². The summed E-state index contributed by atoms with van der Waals surface area (Å²) < 4.78 is 32.7. The van der Waals surface area contributed by atoms with E-state index in [9.17, 15) is 18.3 Å². The molecule has 0 aliphatic rings. The molecule has 0 heterocycles. The van der Waals surface area contributed by atoms with Gasteiger partial charge in [0.05, 0.1) is 11.3 Å². The number of carbonyl (C=O) groups is 1. The number of phenols is 1. The van der Waals surface area contributed by atoms with Crippen LogP contribution >= 0.6 is 0 Å². The number of ether oxygens (including phenoxy) is 1. The number of phenolic OH excluding ortho intramolecular Hbond substituents is 1. The molecule has 2 N–H and O–H groups in total. The van der Waals surface area contributed by atoms with E-state index in [0.29, 0.717) is 22.6 Å². The molecule has 0 saturated carbocycles. The number of nitrogens with one attached hydrogen (secondary N) is 1. The lowest BCUT2D eigenvalue weighted by Crippen LogP contribution is -2.31. The van der Waals surface area contributed by atoms with E-state index in [-0.39, 0.29) is 17.1 Å². The zero-order valence-corrected chi connectivity index (χ0v) is 17.8. The van der Waals surface area contributed by atoms with E-state index in [1.54, 1.807) is 55.5 Å². The van der Waals surface area contributed by atoms with Gasteiger partial charge < -0.3 is 9.84 Å². The molecule has 3 aromatic carbocycles. The third kappa shape index (κ3) is 4.99. The van der Waals surface area contributed by atoms with Gasteiger partial charge in [-0.25, -0.2) is 13.1 Å². The molecule has 0 bridgehead atoms. The Kier molecular flexibility index (Phi) is 6.12. The fraction of sp³-hybridized carbons (Fsp3) is 0.174. The number of benzene rings is 3. The fourth-order valence-electron chi connectivity index (χ4n) is 3.14. The molecule has 0 aromatic heterocycles. The molecule has 0 aliphatic heterocycles. The Labute approximate surface area is 176 Å². The normalized spacial score (nSPS) is 11.2. The molecule has 0 atom stereocenters. The smallest absolute Gasteiger partial charge is 0.264 e. The standard InChI is InChI=1S/C23H23NO5S/c1-15-13-19(9-10-21(15)25)29-23-16(2)11-18(12-17(23)3)14-22(26)24-30(27,28)20-7-5-4-6-8-20/h4-13,25H,14H2,1-3H3,(H,24,26). The van der Waals surface area contributed by atoms with Gasteiger partial charge in [0.1, 0.15) is 17.2 Å². The molecule has 3 rings (SSSR count). The van der Waals surface area contributed by atoms with Gasteiger partial charge in [-0.1, -0.05) is 30.3 Å². The van der Waals surface area contributed by atoms with E-state index in [1.165, 1.54) is 12.1 Å². The van der Waals surface area contributed by atoms with Gasteiger partial charge >= 0.3 is 0 Å². The van der Waals surface area contributed by atoms with Crippen LogP contribution < -0.4 is 9.46 Å². The molecular weight excluding hydrogens is 402 g/mol. The SMILES string of the molecule is Cc1cc(Oc2c(C)cc(CC(=O)NS(=O)(=O)c3ccccc3)cc2C)ccc1O. The summed E-state index contributed by atoms with van der Waals surface area (Å²) >= 11 is 0. The lowest BCUT2D eigenvalue weighted by Gasteiger charge is -2.15. The Morgan fingerprint density at radius 1 is 0.933 bits per heavy atom. The van der Waals surface area contributed by atoms with Crippen LogP contribution in [0.5, 0.6) is 17.2 Å². The lowest BCUT2D eigenvalue weighted by atomic mass is 10.0. The molecule has 0 spiro atoms. The largest absolute Gasteiger partial charge is 0.508 e. The third-order valence-electron chi connectivity index (χ3n) is 4.57. The van der Waals surface area contributed by atoms with E-state index in [2.05, 4.69) is 4.72 Å². The zero-order chi connectivity index (χ0) is 21.9. The van der Waals surface area contributed by atoms with Crippen LogP contribution in [0.2, 0.25) is 0 Å². The average molecular weight is 426 g/mol. The van der Waals surface area contributed by atoms with Crippen LogP contribution in [0.3, 0.4) is 0 Å². The van der Waals surface area contributed by atoms with Gasteiger partial charge in [-0.3, -0.25) is 4.79 Å². The van der Waals surface area contributed by atoms with Crippen molar-refractivity contribution in [3.8, 4) is 17.2 Å². The second kappa shape index (κ2) is 8.59. The molecule has 3 aromatic rings. The van der Waals surface area contributed by atoms with E-state index in [4.69, 9.17) is 4.74 Å². The average Bonchev–Trinajstić information content (AvgIpc) is 2.67. The summed E-state index contributed by atoms with van der Waals surface area (Å²) in [6.45, 7) is 5.50. The molecule has 0 aliphatic carbocycles. The van der Waals surface area contributed by atoms with Crippen molar-refractivity contribution >= 4 is 15.9 Å². The van der Waals surface area contributed by atoms with Crippen LogP contribution in [0, 0.1) is 20.8 Å². The van der Waals surface area contributed by atoms with Gasteiger partial charge in [0.15, 0.2) is 0 Å². The highest BCUT2D eigenvalue weighted by Crippen LogP contribution is 2.32. The molecule has 0 saturated heterocycles. The maximum Gasteiger partial charge on any atom is 0.264 e. The summed E-state index contributed by atoms with van der Waals surface area (Å²) in [5.74, 6) is 0.834. The number of rotatable bonds is 6. The summed E-state index contributed by atoms with van der Waals surface area (Å²) in [5.41, 5.74) is 3.01. The molecule has 1 amide bonds. The van der Waals surface area contributed by atoms with Crippen molar-refractivity contribution in [1.29, 1.82) is 0 Å². The first kappa shape index (κ1) is 21.4. The number of carbonyl (C=O) groups excluding carboxylic acids is 1. The predicted octanol–water partition coefficient (Wildman–Crippen LogP) is 4.16. The van der Waals surface area contributed by atoms with Gasteiger partial charge in [0.25, 0.3) is 10.0 Å². The zero-order valence-electron chi connectivity index (χ0n) is 17.0. The predicted molar refractivity (Wildman–Crippen MR) is 114 cm³/mol. The van der Waals surface area contributed by atoms with Crippen molar-refractivity contribution in [2.75, 3.05) is 0 Å². The molecule has 30 heavy (non-hydrogen) atoms. The minimum absolute atomic E-state index is 0.0404.